The summed E-state index contributed by atoms with van der Waals surface area (Å²) in [7, 11) is -0.966. The van der Waals surface area contributed by atoms with Gasteiger partial charge in [0.15, 0.2) is 5.60 Å². The standard InChI is InChI=1S/C22H30N4O5S/c1-25(2)21(28)22(31-32(29,30)19-8-4-3-5-9-19)12-10-17(11-13-22)24-16-20(27)26-14-6-7-18(26)15-23/h3-5,8-9,17-18,24H,6-7,10-14,16H2,1-2H3. The number of nitrogens with zero attached hydrogens (tertiary/aromatic N) is 3. The Kier molecular flexibility index (Phi) is 7.54. The van der Waals surface area contributed by atoms with Gasteiger partial charge in [0.1, 0.15) is 6.04 Å². The Balaban J connectivity index is 1.65. The molecule has 1 aromatic carbocycles. The van der Waals surface area contributed by atoms with Crippen molar-refractivity contribution < 1.29 is 22.2 Å². The van der Waals surface area contributed by atoms with Crippen molar-refractivity contribution in [1.82, 2.24) is 15.1 Å². The van der Waals surface area contributed by atoms with Gasteiger partial charge in [-0.2, -0.15) is 13.7 Å². The van der Waals surface area contributed by atoms with Crippen LogP contribution in [-0.2, 0) is 23.9 Å². The second kappa shape index (κ2) is 9.98. The highest BCUT2D eigenvalue weighted by Gasteiger charge is 2.47. The van der Waals surface area contributed by atoms with Gasteiger partial charge in [0.05, 0.1) is 17.5 Å². The van der Waals surface area contributed by atoms with Crippen LogP contribution in [0, 0.1) is 11.3 Å². The van der Waals surface area contributed by atoms with Crippen molar-refractivity contribution in [3.05, 3.63) is 30.3 Å². The molecule has 0 bridgehead atoms. The lowest BCUT2D eigenvalue weighted by molar-refractivity contribution is -0.148. The highest BCUT2D eigenvalue weighted by molar-refractivity contribution is 7.86. The summed E-state index contributed by atoms with van der Waals surface area (Å²) in [4.78, 5) is 28.4. The van der Waals surface area contributed by atoms with Gasteiger partial charge in [-0.05, 0) is 50.7 Å². The van der Waals surface area contributed by atoms with Crippen LogP contribution in [-0.4, -0.2) is 74.9 Å². The first-order valence-corrected chi connectivity index (χ1v) is 12.2. The van der Waals surface area contributed by atoms with Crippen molar-refractivity contribution in [2.75, 3.05) is 27.2 Å². The largest absolute Gasteiger partial charge is 0.346 e. The van der Waals surface area contributed by atoms with Crippen molar-refractivity contribution >= 4 is 21.9 Å². The molecule has 2 amide bonds. The summed E-state index contributed by atoms with van der Waals surface area (Å²) in [6, 6.07) is 9.54. The predicted molar refractivity (Wildman–Crippen MR) is 117 cm³/mol. The van der Waals surface area contributed by atoms with Crippen LogP contribution in [0.4, 0.5) is 0 Å². The molecule has 1 heterocycles. The van der Waals surface area contributed by atoms with E-state index in [1.54, 1.807) is 37.2 Å². The van der Waals surface area contributed by atoms with Crippen molar-refractivity contribution in [2.24, 2.45) is 0 Å². The molecule has 2 fully saturated rings. The fourth-order valence-corrected chi connectivity index (χ4v) is 5.65. The topological polar surface area (TPSA) is 120 Å². The van der Waals surface area contributed by atoms with E-state index in [1.807, 2.05) is 0 Å². The molecule has 1 unspecified atom stereocenters. The summed E-state index contributed by atoms with van der Waals surface area (Å²) >= 11 is 0. The smallest absolute Gasteiger partial charge is 0.298 e. The molecule has 174 valence electrons. The van der Waals surface area contributed by atoms with Crippen molar-refractivity contribution in [2.45, 2.75) is 61.1 Å². The van der Waals surface area contributed by atoms with E-state index >= 15 is 0 Å². The van der Waals surface area contributed by atoms with Crippen LogP contribution in [0.5, 0.6) is 0 Å². The van der Waals surface area contributed by atoms with Crippen molar-refractivity contribution in [1.29, 1.82) is 5.26 Å². The molecule has 1 aliphatic heterocycles. The second-order valence-electron chi connectivity index (χ2n) is 8.57. The molecular weight excluding hydrogens is 432 g/mol. The Hall–Kier alpha value is -2.48. The van der Waals surface area contributed by atoms with Gasteiger partial charge in [-0.15, -0.1) is 0 Å². The fraction of sp³-hybridized carbons (Fsp3) is 0.591. The van der Waals surface area contributed by atoms with Gasteiger partial charge in [-0.3, -0.25) is 9.59 Å². The van der Waals surface area contributed by atoms with Crippen molar-refractivity contribution in [3.8, 4) is 6.07 Å². The first-order chi connectivity index (χ1) is 15.2. The molecule has 1 saturated carbocycles. The Labute approximate surface area is 189 Å². The minimum atomic E-state index is -4.12. The second-order valence-corrected chi connectivity index (χ2v) is 10.1. The van der Waals surface area contributed by atoms with Crippen LogP contribution in [0.15, 0.2) is 35.2 Å². The lowest BCUT2D eigenvalue weighted by Crippen LogP contribution is -2.54. The number of hydrogen-bond donors (Lipinski definition) is 1. The van der Waals surface area contributed by atoms with Gasteiger partial charge in [0.25, 0.3) is 16.0 Å². The molecule has 1 aliphatic carbocycles. The molecule has 1 atom stereocenters. The zero-order valence-corrected chi connectivity index (χ0v) is 19.3. The van der Waals surface area contributed by atoms with Crippen LogP contribution in [0.3, 0.4) is 0 Å². The van der Waals surface area contributed by atoms with E-state index in [0.717, 1.165) is 6.42 Å². The molecule has 0 radical (unpaired) electrons. The number of likely N-dealkylation sites (tertiary alicyclic amines) is 1. The number of amides is 2. The maximum atomic E-state index is 13.0. The zero-order chi connectivity index (χ0) is 23.4. The van der Waals surface area contributed by atoms with Crippen LogP contribution in [0.25, 0.3) is 0 Å². The van der Waals surface area contributed by atoms with Crippen LogP contribution >= 0.6 is 0 Å². The van der Waals surface area contributed by atoms with E-state index in [4.69, 9.17) is 9.44 Å². The molecule has 1 aromatic rings. The number of nitriles is 1. The van der Waals surface area contributed by atoms with Crippen LogP contribution in [0.1, 0.15) is 38.5 Å². The SMILES string of the molecule is CN(C)C(=O)C1(OS(=O)(=O)c2ccccc2)CCC(NCC(=O)N2CCCC2C#N)CC1. The van der Waals surface area contributed by atoms with E-state index in [0.29, 0.717) is 25.8 Å². The van der Waals surface area contributed by atoms with Gasteiger partial charge < -0.3 is 15.1 Å². The highest BCUT2D eigenvalue weighted by atomic mass is 32.2. The molecular formula is C22H30N4O5S. The molecule has 1 saturated heterocycles. The molecule has 32 heavy (non-hydrogen) atoms. The molecule has 3 rings (SSSR count). The van der Waals surface area contributed by atoms with Gasteiger partial charge in [-0.1, -0.05) is 18.2 Å². The number of likely N-dealkylation sites (N-methyl/N-ethyl adjacent to an activating group) is 1. The molecule has 0 spiro atoms. The number of hydrogen-bond acceptors (Lipinski definition) is 7. The zero-order valence-electron chi connectivity index (χ0n) is 18.5. The van der Waals surface area contributed by atoms with Gasteiger partial charge in [0.2, 0.25) is 5.91 Å². The number of rotatable bonds is 7. The van der Waals surface area contributed by atoms with Gasteiger partial charge >= 0.3 is 0 Å². The number of benzene rings is 1. The minimum Gasteiger partial charge on any atom is -0.346 e. The Morgan fingerprint density at radius 1 is 1.22 bits per heavy atom. The third-order valence-corrected chi connectivity index (χ3v) is 7.54. The normalized spacial score (nSPS) is 25.8. The average Bonchev–Trinajstić information content (AvgIpc) is 3.27. The lowest BCUT2D eigenvalue weighted by Gasteiger charge is -2.39. The first-order valence-electron chi connectivity index (χ1n) is 10.8. The fourth-order valence-electron chi connectivity index (χ4n) is 4.41. The summed E-state index contributed by atoms with van der Waals surface area (Å²) in [6.45, 7) is 0.704. The van der Waals surface area contributed by atoms with Gasteiger partial charge in [0, 0.05) is 26.7 Å². The van der Waals surface area contributed by atoms with Crippen molar-refractivity contribution in [3.63, 3.8) is 0 Å². The highest BCUT2D eigenvalue weighted by Crippen LogP contribution is 2.36. The average molecular weight is 463 g/mol. The minimum absolute atomic E-state index is 0.00874. The van der Waals surface area contributed by atoms with E-state index in [1.165, 1.54) is 17.0 Å². The molecule has 0 aromatic heterocycles. The van der Waals surface area contributed by atoms with E-state index < -0.39 is 15.7 Å². The summed E-state index contributed by atoms with van der Waals surface area (Å²) in [5, 5.41) is 12.4. The first kappa shape index (κ1) is 24.2. The quantitative estimate of drug-likeness (QED) is 0.606. The third kappa shape index (κ3) is 5.28. The Morgan fingerprint density at radius 3 is 2.47 bits per heavy atom. The monoisotopic (exact) mass is 462 g/mol. The van der Waals surface area contributed by atoms with Crippen LogP contribution < -0.4 is 5.32 Å². The molecule has 9 nitrogen and oxygen atoms in total. The molecule has 2 aliphatic rings. The van der Waals surface area contributed by atoms with Gasteiger partial charge in [-0.25, -0.2) is 4.18 Å². The maximum absolute atomic E-state index is 13.0. The van der Waals surface area contributed by atoms with Crippen LogP contribution in [0.2, 0.25) is 0 Å². The summed E-state index contributed by atoms with van der Waals surface area (Å²) in [5.41, 5.74) is -1.47. The number of carbonyl (C=O) groups excluding carboxylic acids is 2. The maximum Gasteiger partial charge on any atom is 0.298 e. The van der Waals surface area contributed by atoms with E-state index in [-0.39, 0.29) is 48.2 Å². The number of carbonyl (C=O) groups is 2. The summed E-state index contributed by atoms with van der Waals surface area (Å²) in [5.74, 6) is -0.501. The Morgan fingerprint density at radius 2 is 1.88 bits per heavy atom. The molecule has 10 heteroatoms. The van der Waals surface area contributed by atoms with E-state index in [9.17, 15) is 18.0 Å². The molecule has 1 N–H and O–H groups in total. The number of nitrogens with one attached hydrogen (secondary N) is 1. The Bertz CT molecular complexity index is 966. The summed E-state index contributed by atoms with van der Waals surface area (Å²) in [6.07, 6.45) is 2.93. The third-order valence-electron chi connectivity index (χ3n) is 6.15. The predicted octanol–water partition coefficient (Wildman–Crippen LogP) is 1.27. The van der Waals surface area contributed by atoms with E-state index in [2.05, 4.69) is 11.4 Å². The lowest BCUT2D eigenvalue weighted by atomic mass is 9.81. The summed E-state index contributed by atoms with van der Waals surface area (Å²) < 4.78 is 31.3.